The van der Waals surface area contributed by atoms with E-state index in [1.165, 1.54) is 6.42 Å². The van der Waals surface area contributed by atoms with Crippen molar-refractivity contribution in [1.82, 2.24) is 0 Å². The Balaban J connectivity index is 2.46. The van der Waals surface area contributed by atoms with Crippen LogP contribution in [0.4, 0.5) is 0 Å². The van der Waals surface area contributed by atoms with Gasteiger partial charge in [0, 0.05) is 13.2 Å². The van der Waals surface area contributed by atoms with Gasteiger partial charge in [0.1, 0.15) is 0 Å². The molecule has 1 saturated heterocycles. The van der Waals surface area contributed by atoms with Crippen molar-refractivity contribution < 1.29 is 4.74 Å². The Bertz CT molecular complexity index is 123. The standard InChI is InChI=1S/C10H20O/c1-8-5-9(7-11-6-8)10(2,3)4/h8-9H,5-7H2,1-4H3. The molecule has 1 aliphatic rings. The quantitative estimate of drug-likeness (QED) is 0.524. The summed E-state index contributed by atoms with van der Waals surface area (Å²) in [5, 5.41) is 0. The number of hydrogen-bond donors (Lipinski definition) is 0. The first-order valence-corrected chi connectivity index (χ1v) is 4.58. The minimum Gasteiger partial charge on any atom is -0.381 e. The van der Waals surface area contributed by atoms with Gasteiger partial charge in [-0.25, -0.2) is 0 Å². The summed E-state index contributed by atoms with van der Waals surface area (Å²) in [4.78, 5) is 0. The van der Waals surface area contributed by atoms with Crippen LogP contribution < -0.4 is 0 Å². The topological polar surface area (TPSA) is 9.23 Å². The zero-order chi connectivity index (χ0) is 8.48. The summed E-state index contributed by atoms with van der Waals surface area (Å²) in [5.74, 6) is 1.51. The van der Waals surface area contributed by atoms with Crippen LogP contribution in [0.3, 0.4) is 0 Å². The Labute approximate surface area is 70.1 Å². The average molecular weight is 156 g/mol. The molecule has 1 heterocycles. The van der Waals surface area contributed by atoms with E-state index in [0.717, 1.165) is 25.0 Å². The average Bonchev–Trinajstić information content (AvgIpc) is 1.86. The van der Waals surface area contributed by atoms with Gasteiger partial charge in [0.25, 0.3) is 0 Å². The van der Waals surface area contributed by atoms with Gasteiger partial charge >= 0.3 is 0 Å². The highest BCUT2D eigenvalue weighted by Crippen LogP contribution is 2.34. The van der Waals surface area contributed by atoms with Crippen molar-refractivity contribution in [2.24, 2.45) is 17.3 Å². The number of rotatable bonds is 0. The van der Waals surface area contributed by atoms with Crippen molar-refractivity contribution in [3.05, 3.63) is 0 Å². The summed E-state index contributed by atoms with van der Waals surface area (Å²) in [5.41, 5.74) is 0.425. The Hall–Kier alpha value is -0.0400. The molecule has 0 spiro atoms. The monoisotopic (exact) mass is 156 g/mol. The van der Waals surface area contributed by atoms with E-state index < -0.39 is 0 Å². The van der Waals surface area contributed by atoms with Crippen molar-refractivity contribution in [3.63, 3.8) is 0 Å². The molecule has 0 bridgehead atoms. The first kappa shape index (κ1) is 9.05. The molecule has 0 aromatic heterocycles. The molecule has 0 aromatic carbocycles. The van der Waals surface area contributed by atoms with E-state index in [2.05, 4.69) is 27.7 Å². The third-order valence-corrected chi connectivity index (χ3v) is 2.63. The van der Waals surface area contributed by atoms with E-state index in [4.69, 9.17) is 4.74 Å². The molecule has 0 aliphatic carbocycles. The normalized spacial score (nSPS) is 33.8. The zero-order valence-corrected chi connectivity index (χ0v) is 8.18. The van der Waals surface area contributed by atoms with Gasteiger partial charge in [-0.3, -0.25) is 0 Å². The van der Waals surface area contributed by atoms with Crippen molar-refractivity contribution in [2.45, 2.75) is 34.1 Å². The minimum absolute atomic E-state index is 0.425. The van der Waals surface area contributed by atoms with Crippen molar-refractivity contribution in [2.75, 3.05) is 13.2 Å². The first-order chi connectivity index (χ1) is 5.00. The van der Waals surface area contributed by atoms with Crippen LogP contribution in [0.5, 0.6) is 0 Å². The molecule has 0 N–H and O–H groups in total. The van der Waals surface area contributed by atoms with Gasteiger partial charge in [-0.15, -0.1) is 0 Å². The predicted molar refractivity (Wildman–Crippen MR) is 47.5 cm³/mol. The Morgan fingerprint density at radius 1 is 1.18 bits per heavy atom. The minimum atomic E-state index is 0.425. The van der Waals surface area contributed by atoms with Crippen LogP contribution in [0.1, 0.15) is 34.1 Å². The fourth-order valence-corrected chi connectivity index (χ4v) is 1.64. The summed E-state index contributed by atoms with van der Waals surface area (Å²) in [6.07, 6.45) is 1.34. The van der Waals surface area contributed by atoms with Crippen LogP contribution >= 0.6 is 0 Å². The molecule has 11 heavy (non-hydrogen) atoms. The highest BCUT2D eigenvalue weighted by molar-refractivity contribution is 4.78. The Kier molecular flexibility index (Phi) is 2.58. The van der Waals surface area contributed by atoms with Gasteiger partial charge in [0.05, 0.1) is 0 Å². The SMILES string of the molecule is CC1COCC(C(C)(C)C)C1. The van der Waals surface area contributed by atoms with Crippen LogP contribution in [0.25, 0.3) is 0 Å². The highest BCUT2D eigenvalue weighted by atomic mass is 16.5. The molecule has 1 heteroatoms. The molecule has 1 rings (SSSR count). The largest absolute Gasteiger partial charge is 0.381 e. The van der Waals surface area contributed by atoms with Crippen molar-refractivity contribution in [1.29, 1.82) is 0 Å². The van der Waals surface area contributed by atoms with E-state index in [9.17, 15) is 0 Å². The van der Waals surface area contributed by atoms with Gasteiger partial charge in [-0.2, -0.15) is 0 Å². The molecule has 1 fully saturated rings. The van der Waals surface area contributed by atoms with Crippen LogP contribution in [0.2, 0.25) is 0 Å². The van der Waals surface area contributed by atoms with Gasteiger partial charge in [-0.05, 0) is 23.7 Å². The summed E-state index contributed by atoms with van der Waals surface area (Å²) in [6, 6.07) is 0. The third-order valence-electron chi connectivity index (χ3n) is 2.63. The van der Waals surface area contributed by atoms with E-state index in [0.29, 0.717) is 5.41 Å². The third kappa shape index (κ3) is 2.48. The lowest BCUT2D eigenvalue weighted by Gasteiger charge is -2.36. The molecular weight excluding hydrogens is 136 g/mol. The molecule has 0 radical (unpaired) electrons. The smallest absolute Gasteiger partial charge is 0.0499 e. The maximum absolute atomic E-state index is 5.52. The number of hydrogen-bond acceptors (Lipinski definition) is 1. The van der Waals surface area contributed by atoms with Crippen molar-refractivity contribution in [3.8, 4) is 0 Å². The Morgan fingerprint density at radius 3 is 2.18 bits per heavy atom. The second kappa shape index (κ2) is 3.14. The van der Waals surface area contributed by atoms with Crippen molar-refractivity contribution >= 4 is 0 Å². The van der Waals surface area contributed by atoms with Crippen LogP contribution in [-0.4, -0.2) is 13.2 Å². The molecule has 2 unspecified atom stereocenters. The fourth-order valence-electron chi connectivity index (χ4n) is 1.64. The zero-order valence-electron chi connectivity index (χ0n) is 8.18. The maximum Gasteiger partial charge on any atom is 0.0499 e. The second-order valence-corrected chi connectivity index (χ2v) is 4.94. The first-order valence-electron chi connectivity index (χ1n) is 4.58. The van der Waals surface area contributed by atoms with Crippen LogP contribution in [0.15, 0.2) is 0 Å². The van der Waals surface area contributed by atoms with E-state index >= 15 is 0 Å². The fraction of sp³-hybridized carbons (Fsp3) is 1.00. The molecule has 1 aliphatic heterocycles. The maximum atomic E-state index is 5.52. The molecule has 0 aromatic rings. The molecule has 2 atom stereocenters. The molecule has 0 saturated carbocycles. The number of ether oxygens (including phenoxy) is 1. The van der Waals surface area contributed by atoms with E-state index in [1.54, 1.807) is 0 Å². The summed E-state index contributed by atoms with van der Waals surface area (Å²) < 4.78 is 5.52. The summed E-state index contributed by atoms with van der Waals surface area (Å²) in [6.45, 7) is 11.1. The summed E-state index contributed by atoms with van der Waals surface area (Å²) in [7, 11) is 0. The van der Waals surface area contributed by atoms with Gasteiger partial charge in [0.2, 0.25) is 0 Å². The van der Waals surface area contributed by atoms with E-state index in [-0.39, 0.29) is 0 Å². The molecule has 0 amide bonds. The lowest BCUT2D eigenvalue weighted by molar-refractivity contribution is -0.0184. The molecule has 1 nitrogen and oxygen atoms in total. The van der Waals surface area contributed by atoms with Gasteiger partial charge in [-0.1, -0.05) is 27.7 Å². The van der Waals surface area contributed by atoms with Gasteiger partial charge in [0.15, 0.2) is 0 Å². The molecule has 66 valence electrons. The van der Waals surface area contributed by atoms with Crippen LogP contribution in [0, 0.1) is 17.3 Å². The lowest BCUT2D eigenvalue weighted by Crippen LogP contribution is -2.32. The predicted octanol–water partition coefficient (Wildman–Crippen LogP) is 2.71. The lowest BCUT2D eigenvalue weighted by atomic mass is 9.75. The Morgan fingerprint density at radius 2 is 1.82 bits per heavy atom. The highest BCUT2D eigenvalue weighted by Gasteiger charge is 2.29. The molecular formula is C10H20O. The van der Waals surface area contributed by atoms with Crippen LogP contribution in [-0.2, 0) is 4.74 Å². The summed E-state index contributed by atoms with van der Waals surface area (Å²) >= 11 is 0. The van der Waals surface area contributed by atoms with E-state index in [1.807, 2.05) is 0 Å². The van der Waals surface area contributed by atoms with Gasteiger partial charge < -0.3 is 4.74 Å². The second-order valence-electron chi connectivity index (χ2n) is 4.94.